The predicted octanol–water partition coefficient (Wildman–Crippen LogP) is 3.78. The van der Waals surface area contributed by atoms with Gasteiger partial charge in [0.2, 0.25) is 5.91 Å². The Labute approximate surface area is 248 Å². The molecule has 2 aliphatic heterocycles. The molecule has 2 N–H and O–H groups in total. The molecule has 10 nitrogen and oxygen atoms in total. The number of ketones is 1. The number of nitrogens with one attached hydrogen (secondary N) is 2. The van der Waals surface area contributed by atoms with E-state index in [1.165, 1.54) is 36.4 Å². The number of halogens is 1. The first-order chi connectivity index (χ1) is 20.5. The molecule has 2 saturated carbocycles. The highest BCUT2D eigenvalue weighted by Gasteiger charge is 2.60. The van der Waals surface area contributed by atoms with Crippen molar-refractivity contribution in [2.75, 3.05) is 10.0 Å². The average Bonchev–Trinajstić information content (AvgIpc) is 3.60. The van der Waals surface area contributed by atoms with E-state index in [2.05, 4.69) is 14.4 Å². The van der Waals surface area contributed by atoms with Crippen molar-refractivity contribution >= 4 is 48.9 Å². The van der Waals surface area contributed by atoms with Crippen LogP contribution in [0.25, 0.3) is 0 Å². The third-order valence-corrected chi connectivity index (χ3v) is 11.7. The van der Waals surface area contributed by atoms with Crippen molar-refractivity contribution in [3.63, 3.8) is 0 Å². The first-order valence-electron chi connectivity index (χ1n) is 13.9. The van der Waals surface area contributed by atoms with Gasteiger partial charge in [0.25, 0.3) is 20.0 Å². The second-order valence-electron chi connectivity index (χ2n) is 11.5. The lowest BCUT2D eigenvalue weighted by Gasteiger charge is -2.45. The van der Waals surface area contributed by atoms with Crippen molar-refractivity contribution in [2.45, 2.75) is 41.6 Å². The molecule has 7 rings (SSSR count). The minimum Gasteiger partial charge on any atom is -0.341 e. The summed E-state index contributed by atoms with van der Waals surface area (Å²) in [5.41, 5.74) is 0.784. The minimum atomic E-state index is -4.42. The van der Waals surface area contributed by atoms with Crippen LogP contribution < -0.4 is 10.0 Å². The second kappa shape index (κ2) is 9.98. The van der Waals surface area contributed by atoms with Gasteiger partial charge in [-0.25, -0.2) is 12.8 Å². The van der Waals surface area contributed by atoms with Gasteiger partial charge in [-0.15, -0.1) is 4.40 Å². The molecular weight excluding hydrogens is 595 g/mol. The lowest BCUT2D eigenvalue weighted by atomic mass is 9.73. The summed E-state index contributed by atoms with van der Waals surface area (Å²) in [7, 11) is -8.40. The van der Waals surface area contributed by atoms with Crippen LogP contribution in [0.15, 0.2) is 87.0 Å². The first kappa shape index (κ1) is 27.7. The standard InChI is InChI=1S/C30H27FN4O6S2/c31-20-10-6-17(7-11-20)16-35-27-19-9-8-18(14-19)25(27)28(36)26(30(35)37)29-32-23-13-12-21(15-24(23)43(40,41)34-29)33-42(38,39)22-4-2-1-3-5-22/h1-7,10-13,15,18-19,25-27,33H,8-9,14,16H2,(H,32,34)/t18-,19+,25+,26?,27-/m0/s1. The Bertz CT molecular complexity index is 1900. The Morgan fingerprint density at radius 2 is 1.70 bits per heavy atom. The van der Waals surface area contributed by atoms with Gasteiger partial charge >= 0.3 is 0 Å². The fraction of sp³-hybridized carbons (Fsp3) is 0.300. The van der Waals surface area contributed by atoms with Crippen LogP contribution in [0, 0.1) is 29.5 Å². The van der Waals surface area contributed by atoms with Gasteiger partial charge in [0, 0.05) is 18.5 Å². The number of rotatable bonds is 6. The molecule has 13 heteroatoms. The number of likely N-dealkylation sites (tertiary alicyclic amines) is 1. The Morgan fingerprint density at radius 3 is 2.44 bits per heavy atom. The lowest BCUT2D eigenvalue weighted by molar-refractivity contribution is -0.153. The summed E-state index contributed by atoms with van der Waals surface area (Å²) in [4.78, 5) is 29.3. The van der Waals surface area contributed by atoms with E-state index in [-0.39, 0.29) is 57.2 Å². The zero-order valence-electron chi connectivity index (χ0n) is 22.7. The van der Waals surface area contributed by atoms with Crippen molar-refractivity contribution in [3.05, 3.63) is 84.2 Å². The number of sulfonamides is 2. The molecule has 2 aliphatic carbocycles. The maximum absolute atomic E-state index is 14.0. The fourth-order valence-electron chi connectivity index (χ4n) is 7.14. The van der Waals surface area contributed by atoms with Gasteiger partial charge in [-0.1, -0.05) is 30.3 Å². The highest BCUT2D eigenvalue weighted by atomic mass is 32.2. The zero-order chi connectivity index (χ0) is 30.1. The van der Waals surface area contributed by atoms with E-state index in [9.17, 15) is 30.8 Å². The molecule has 0 radical (unpaired) electrons. The molecule has 2 bridgehead atoms. The molecule has 1 amide bonds. The van der Waals surface area contributed by atoms with Crippen molar-refractivity contribution in [1.29, 1.82) is 0 Å². The number of amidine groups is 1. The van der Waals surface area contributed by atoms with Gasteiger partial charge in [-0.05, 0) is 79.1 Å². The monoisotopic (exact) mass is 622 g/mol. The topological polar surface area (TPSA) is 142 Å². The van der Waals surface area contributed by atoms with Crippen LogP contribution in [0.5, 0.6) is 0 Å². The number of fused-ring (bicyclic) bond motifs is 6. The molecule has 222 valence electrons. The molecular formula is C30H27FN4O6S2. The van der Waals surface area contributed by atoms with Gasteiger partial charge < -0.3 is 10.2 Å². The Kier molecular flexibility index (Phi) is 6.43. The number of carbonyl (C=O) groups excluding carboxylic acids is 2. The highest BCUT2D eigenvalue weighted by Crippen LogP contribution is 2.54. The van der Waals surface area contributed by atoms with E-state index < -0.39 is 43.6 Å². The number of hydrogen-bond acceptors (Lipinski definition) is 7. The van der Waals surface area contributed by atoms with Gasteiger partial charge in [0.1, 0.15) is 16.5 Å². The summed E-state index contributed by atoms with van der Waals surface area (Å²) in [6.45, 7) is 0.162. The van der Waals surface area contributed by atoms with E-state index in [1.807, 2.05) is 0 Å². The number of benzene rings is 3. The quantitative estimate of drug-likeness (QED) is 0.399. The molecule has 4 aliphatic rings. The number of amides is 1. The SMILES string of the molecule is O=C1C(C2=NS(=O)(=O)c3cc(NS(=O)(=O)c4ccccc4)ccc3N2)C(=O)N(Cc2ccc(F)cc2)[C@H]2[C@@H]3CC[C@@H](C3)[C@@H]12. The van der Waals surface area contributed by atoms with Crippen molar-refractivity contribution in [2.24, 2.45) is 28.1 Å². The van der Waals surface area contributed by atoms with E-state index in [1.54, 1.807) is 35.2 Å². The van der Waals surface area contributed by atoms with Crippen LogP contribution in [0.2, 0.25) is 0 Å². The number of carbonyl (C=O) groups is 2. The number of hydrogen-bond donors (Lipinski definition) is 2. The molecule has 5 atom stereocenters. The molecule has 2 heterocycles. The van der Waals surface area contributed by atoms with Gasteiger partial charge in [0.15, 0.2) is 11.7 Å². The minimum absolute atomic E-state index is 0.00624. The van der Waals surface area contributed by atoms with Crippen molar-refractivity contribution < 1.29 is 30.8 Å². The summed E-state index contributed by atoms with van der Waals surface area (Å²) >= 11 is 0. The number of anilines is 2. The Morgan fingerprint density at radius 1 is 0.977 bits per heavy atom. The highest BCUT2D eigenvalue weighted by molar-refractivity contribution is 7.92. The molecule has 1 unspecified atom stereocenters. The van der Waals surface area contributed by atoms with E-state index in [0.29, 0.717) is 5.56 Å². The van der Waals surface area contributed by atoms with Crippen LogP contribution in [0.1, 0.15) is 24.8 Å². The number of nitrogens with zero attached hydrogens (tertiary/aromatic N) is 2. The molecule has 43 heavy (non-hydrogen) atoms. The van der Waals surface area contributed by atoms with Crippen LogP contribution in [0.3, 0.4) is 0 Å². The molecule has 0 spiro atoms. The zero-order valence-corrected chi connectivity index (χ0v) is 24.3. The smallest absolute Gasteiger partial charge is 0.286 e. The summed E-state index contributed by atoms with van der Waals surface area (Å²) in [6, 6.07) is 17.1. The molecule has 1 saturated heterocycles. The summed E-state index contributed by atoms with van der Waals surface area (Å²) in [5.74, 6) is -3.17. The molecule has 3 fully saturated rings. The fourth-order valence-corrected chi connectivity index (χ4v) is 9.39. The first-order valence-corrected chi connectivity index (χ1v) is 16.9. The summed E-state index contributed by atoms with van der Waals surface area (Å²) in [5, 5.41) is 2.90. The number of Topliss-reactive ketones (excluding diaryl/α,β-unsaturated/α-hetero) is 1. The molecule has 0 aromatic heterocycles. The summed E-state index contributed by atoms with van der Waals surface area (Å²) < 4.78 is 72.2. The Hall–Kier alpha value is -4.10. The van der Waals surface area contributed by atoms with E-state index >= 15 is 0 Å². The van der Waals surface area contributed by atoms with Gasteiger partial charge in [-0.2, -0.15) is 8.42 Å². The Balaban J connectivity index is 1.21. The predicted molar refractivity (Wildman–Crippen MR) is 155 cm³/mol. The van der Waals surface area contributed by atoms with E-state index in [0.717, 1.165) is 25.3 Å². The number of piperidine rings is 1. The van der Waals surface area contributed by atoms with Crippen LogP contribution >= 0.6 is 0 Å². The normalized spacial score (nSPS) is 27.2. The third kappa shape index (κ3) is 4.70. The average molecular weight is 623 g/mol. The van der Waals surface area contributed by atoms with Gasteiger partial charge in [0.05, 0.1) is 16.3 Å². The van der Waals surface area contributed by atoms with Gasteiger partial charge in [-0.3, -0.25) is 14.3 Å². The van der Waals surface area contributed by atoms with Crippen LogP contribution in [-0.4, -0.2) is 45.3 Å². The van der Waals surface area contributed by atoms with Crippen molar-refractivity contribution in [3.8, 4) is 0 Å². The molecule has 3 aromatic rings. The van der Waals surface area contributed by atoms with Crippen LogP contribution in [0.4, 0.5) is 15.8 Å². The third-order valence-electron chi connectivity index (χ3n) is 8.96. The van der Waals surface area contributed by atoms with Crippen LogP contribution in [-0.2, 0) is 36.2 Å². The van der Waals surface area contributed by atoms with E-state index in [4.69, 9.17) is 0 Å². The maximum atomic E-state index is 14.0. The van der Waals surface area contributed by atoms with Crippen molar-refractivity contribution in [1.82, 2.24) is 4.90 Å². The maximum Gasteiger partial charge on any atom is 0.286 e. The second-order valence-corrected chi connectivity index (χ2v) is 14.7. The summed E-state index contributed by atoms with van der Waals surface area (Å²) in [6.07, 6.45) is 2.60. The lowest BCUT2D eigenvalue weighted by Crippen LogP contribution is -2.61. The molecule has 3 aromatic carbocycles. The largest absolute Gasteiger partial charge is 0.341 e.